The highest BCUT2D eigenvalue weighted by molar-refractivity contribution is 5.17. The average Bonchev–Trinajstić information content (AvgIpc) is 3.03. The SMILES string of the molecule is Cc1ccc([C@H](C)CCN2CCN(Cc3ncccc3C)CC2)o1. The highest BCUT2D eigenvalue weighted by atomic mass is 16.3. The van der Waals surface area contributed by atoms with E-state index in [1.807, 2.05) is 19.2 Å². The molecule has 2 aromatic heterocycles. The maximum Gasteiger partial charge on any atom is 0.107 e. The van der Waals surface area contributed by atoms with Gasteiger partial charge in [-0.3, -0.25) is 9.88 Å². The minimum atomic E-state index is 0.493. The van der Waals surface area contributed by atoms with E-state index in [2.05, 4.69) is 46.8 Å². The van der Waals surface area contributed by atoms with Crippen LogP contribution < -0.4 is 0 Å². The summed E-state index contributed by atoms with van der Waals surface area (Å²) in [6.45, 7) is 13.1. The smallest absolute Gasteiger partial charge is 0.107 e. The van der Waals surface area contributed by atoms with Crippen molar-refractivity contribution in [2.75, 3.05) is 32.7 Å². The van der Waals surface area contributed by atoms with Gasteiger partial charge in [-0.05, 0) is 50.6 Å². The van der Waals surface area contributed by atoms with Gasteiger partial charge in [-0.25, -0.2) is 0 Å². The van der Waals surface area contributed by atoms with Crippen molar-refractivity contribution >= 4 is 0 Å². The van der Waals surface area contributed by atoms with Crippen LogP contribution >= 0.6 is 0 Å². The molecule has 0 amide bonds. The normalized spacial score (nSPS) is 18.0. The topological polar surface area (TPSA) is 32.5 Å². The number of pyridine rings is 1. The largest absolute Gasteiger partial charge is 0.466 e. The number of rotatable bonds is 6. The van der Waals surface area contributed by atoms with Crippen molar-refractivity contribution < 1.29 is 4.42 Å². The van der Waals surface area contributed by atoms with Crippen LogP contribution in [0.1, 0.15) is 42.0 Å². The van der Waals surface area contributed by atoms with Crippen molar-refractivity contribution in [1.29, 1.82) is 0 Å². The summed E-state index contributed by atoms with van der Waals surface area (Å²) in [4.78, 5) is 9.62. The van der Waals surface area contributed by atoms with Crippen molar-refractivity contribution in [3.8, 4) is 0 Å². The molecule has 0 aliphatic carbocycles. The second kappa shape index (κ2) is 7.95. The van der Waals surface area contributed by atoms with Crippen LogP contribution in [0.5, 0.6) is 0 Å². The summed E-state index contributed by atoms with van der Waals surface area (Å²) >= 11 is 0. The predicted molar refractivity (Wildman–Crippen MR) is 97.2 cm³/mol. The number of nitrogens with zero attached hydrogens (tertiary/aromatic N) is 3. The highest BCUT2D eigenvalue weighted by Crippen LogP contribution is 2.22. The summed E-state index contributed by atoms with van der Waals surface area (Å²) in [7, 11) is 0. The van der Waals surface area contributed by atoms with Gasteiger partial charge < -0.3 is 9.32 Å². The predicted octanol–water partition coefficient (Wildman–Crippen LogP) is 3.60. The Morgan fingerprint density at radius 3 is 2.50 bits per heavy atom. The van der Waals surface area contributed by atoms with Gasteiger partial charge in [0.05, 0.1) is 5.69 Å². The Balaban J connectivity index is 1.41. The first-order valence-corrected chi connectivity index (χ1v) is 9.03. The van der Waals surface area contributed by atoms with Gasteiger partial charge in [0, 0.05) is 44.8 Å². The van der Waals surface area contributed by atoms with Crippen LogP contribution in [0, 0.1) is 13.8 Å². The van der Waals surface area contributed by atoms with Crippen LogP contribution in [-0.2, 0) is 6.54 Å². The van der Waals surface area contributed by atoms with E-state index >= 15 is 0 Å². The zero-order chi connectivity index (χ0) is 16.9. The van der Waals surface area contributed by atoms with E-state index in [0.29, 0.717) is 5.92 Å². The molecule has 130 valence electrons. The molecular formula is C20H29N3O. The fourth-order valence-corrected chi connectivity index (χ4v) is 3.30. The summed E-state index contributed by atoms with van der Waals surface area (Å²) in [5, 5.41) is 0. The van der Waals surface area contributed by atoms with Crippen molar-refractivity contribution in [1.82, 2.24) is 14.8 Å². The van der Waals surface area contributed by atoms with Gasteiger partial charge in [-0.15, -0.1) is 0 Å². The summed E-state index contributed by atoms with van der Waals surface area (Å²) in [6.07, 6.45) is 3.06. The molecule has 1 aliphatic rings. The third-order valence-electron chi connectivity index (χ3n) is 5.08. The van der Waals surface area contributed by atoms with Gasteiger partial charge in [0.25, 0.3) is 0 Å². The Bertz CT molecular complexity index is 644. The molecule has 0 bridgehead atoms. The second-order valence-corrected chi connectivity index (χ2v) is 7.02. The van der Waals surface area contributed by atoms with Crippen LogP contribution in [0.3, 0.4) is 0 Å². The van der Waals surface area contributed by atoms with Gasteiger partial charge in [-0.1, -0.05) is 13.0 Å². The van der Waals surface area contributed by atoms with Crippen LogP contribution in [0.2, 0.25) is 0 Å². The lowest BCUT2D eigenvalue weighted by Crippen LogP contribution is -2.46. The van der Waals surface area contributed by atoms with Gasteiger partial charge in [0.1, 0.15) is 11.5 Å². The number of hydrogen-bond donors (Lipinski definition) is 0. The molecule has 2 aromatic rings. The number of aromatic nitrogens is 1. The van der Waals surface area contributed by atoms with Gasteiger partial charge >= 0.3 is 0 Å². The van der Waals surface area contributed by atoms with Crippen molar-refractivity contribution in [2.45, 2.75) is 39.7 Å². The average molecular weight is 327 g/mol. The minimum Gasteiger partial charge on any atom is -0.466 e. The molecule has 1 saturated heterocycles. The zero-order valence-electron chi connectivity index (χ0n) is 15.2. The molecule has 1 atom stereocenters. The van der Waals surface area contributed by atoms with E-state index in [0.717, 1.165) is 57.2 Å². The van der Waals surface area contributed by atoms with E-state index < -0.39 is 0 Å². The van der Waals surface area contributed by atoms with Crippen LogP contribution in [-0.4, -0.2) is 47.5 Å². The van der Waals surface area contributed by atoms with Crippen LogP contribution in [0.4, 0.5) is 0 Å². The van der Waals surface area contributed by atoms with Crippen LogP contribution in [0.25, 0.3) is 0 Å². The maximum absolute atomic E-state index is 5.75. The lowest BCUT2D eigenvalue weighted by molar-refractivity contribution is 0.123. The van der Waals surface area contributed by atoms with E-state index in [4.69, 9.17) is 4.42 Å². The molecule has 0 radical (unpaired) electrons. The lowest BCUT2D eigenvalue weighted by atomic mass is 10.0. The van der Waals surface area contributed by atoms with Gasteiger partial charge in [0.2, 0.25) is 0 Å². The maximum atomic E-state index is 5.75. The summed E-state index contributed by atoms with van der Waals surface area (Å²) < 4.78 is 5.75. The van der Waals surface area contributed by atoms with E-state index in [1.54, 1.807) is 0 Å². The third kappa shape index (κ3) is 4.46. The fraction of sp³-hybridized carbons (Fsp3) is 0.550. The number of furan rings is 1. The van der Waals surface area contributed by atoms with Gasteiger partial charge in [0.15, 0.2) is 0 Å². The monoisotopic (exact) mass is 327 g/mol. The minimum absolute atomic E-state index is 0.493. The van der Waals surface area contributed by atoms with Gasteiger partial charge in [-0.2, -0.15) is 0 Å². The Labute approximate surface area is 145 Å². The molecule has 3 rings (SSSR count). The number of hydrogen-bond acceptors (Lipinski definition) is 4. The summed E-state index contributed by atoms with van der Waals surface area (Å²) in [6, 6.07) is 8.34. The van der Waals surface area contributed by atoms with Crippen molar-refractivity contribution in [3.63, 3.8) is 0 Å². The first-order valence-electron chi connectivity index (χ1n) is 9.03. The molecule has 1 fully saturated rings. The summed E-state index contributed by atoms with van der Waals surface area (Å²) in [5.41, 5.74) is 2.51. The van der Waals surface area contributed by atoms with Crippen molar-refractivity contribution in [2.24, 2.45) is 0 Å². The van der Waals surface area contributed by atoms with E-state index in [1.165, 1.54) is 11.3 Å². The molecule has 1 aliphatic heterocycles. The second-order valence-electron chi connectivity index (χ2n) is 7.02. The molecule has 0 unspecified atom stereocenters. The molecule has 0 N–H and O–H groups in total. The molecule has 4 heteroatoms. The molecule has 4 nitrogen and oxygen atoms in total. The third-order valence-corrected chi connectivity index (χ3v) is 5.08. The number of piperazine rings is 1. The molecule has 24 heavy (non-hydrogen) atoms. The molecule has 0 saturated carbocycles. The first kappa shape index (κ1) is 17.2. The Hall–Kier alpha value is -1.65. The standard InChI is InChI=1S/C20H29N3O/c1-16-5-4-9-21-19(16)15-23-13-11-22(12-14-23)10-8-17(2)20-7-6-18(3)24-20/h4-7,9,17H,8,10-15H2,1-3H3/t17-/m1/s1. The molecule has 0 aromatic carbocycles. The van der Waals surface area contributed by atoms with E-state index in [9.17, 15) is 0 Å². The molecule has 0 spiro atoms. The molecule has 3 heterocycles. The fourth-order valence-electron chi connectivity index (χ4n) is 3.30. The first-order chi connectivity index (χ1) is 11.6. The summed E-state index contributed by atoms with van der Waals surface area (Å²) in [5.74, 6) is 2.62. The quantitative estimate of drug-likeness (QED) is 0.811. The lowest BCUT2D eigenvalue weighted by Gasteiger charge is -2.35. The zero-order valence-corrected chi connectivity index (χ0v) is 15.2. The highest BCUT2D eigenvalue weighted by Gasteiger charge is 2.19. The van der Waals surface area contributed by atoms with E-state index in [-0.39, 0.29) is 0 Å². The Kier molecular flexibility index (Phi) is 5.69. The van der Waals surface area contributed by atoms with Crippen molar-refractivity contribution in [3.05, 3.63) is 53.2 Å². The Morgan fingerprint density at radius 2 is 1.83 bits per heavy atom. The number of aryl methyl sites for hydroxylation is 2. The van der Waals surface area contributed by atoms with Crippen LogP contribution in [0.15, 0.2) is 34.9 Å². The molecular weight excluding hydrogens is 298 g/mol. The Morgan fingerprint density at radius 1 is 1.08 bits per heavy atom.